The van der Waals surface area contributed by atoms with E-state index in [9.17, 15) is 0 Å². The molecule has 2 rings (SSSR count). The Morgan fingerprint density at radius 3 is 2.41 bits per heavy atom. The summed E-state index contributed by atoms with van der Waals surface area (Å²) in [6, 6.07) is 10.5. The van der Waals surface area contributed by atoms with Crippen LogP contribution in [0.5, 0.6) is 0 Å². The monoisotopic (exact) mass is 248 g/mol. The van der Waals surface area contributed by atoms with Crippen LogP contribution < -0.4 is 0 Å². The predicted molar refractivity (Wildman–Crippen MR) is 71.6 cm³/mol. The standard InChI is InChI=1S/C15H17ClO/c1-3-4-12-5-7-13(8-6-12)15(16)14-9-10-17-11(14)2/h5-10,15H,3-4H2,1-2H3. The van der Waals surface area contributed by atoms with Crippen LogP contribution in [0.4, 0.5) is 0 Å². The zero-order valence-corrected chi connectivity index (χ0v) is 11.0. The van der Waals surface area contributed by atoms with Crippen molar-refractivity contribution in [2.24, 2.45) is 0 Å². The number of alkyl halides is 1. The summed E-state index contributed by atoms with van der Waals surface area (Å²) in [6.45, 7) is 4.13. The van der Waals surface area contributed by atoms with Crippen molar-refractivity contribution in [1.29, 1.82) is 0 Å². The first-order valence-corrected chi connectivity index (χ1v) is 6.43. The molecule has 1 heterocycles. The summed E-state index contributed by atoms with van der Waals surface area (Å²) in [5.41, 5.74) is 3.54. The molecule has 1 aromatic heterocycles. The normalized spacial score (nSPS) is 12.6. The summed E-state index contributed by atoms with van der Waals surface area (Å²) in [5, 5.41) is -0.121. The molecule has 0 spiro atoms. The molecule has 0 aliphatic heterocycles. The first-order chi connectivity index (χ1) is 8.22. The molecule has 0 N–H and O–H groups in total. The molecule has 1 aromatic carbocycles. The Balaban J connectivity index is 2.20. The Hall–Kier alpha value is -1.21. The molecule has 0 fully saturated rings. The first-order valence-electron chi connectivity index (χ1n) is 5.99. The third-order valence-electron chi connectivity index (χ3n) is 2.98. The number of hydrogen-bond donors (Lipinski definition) is 0. The van der Waals surface area contributed by atoms with E-state index in [4.69, 9.17) is 16.0 Å². The minimum Gasteiger partial charge on any atom is -0.469 e. The summed E-state index contributed by atoms with van der Waals surface area (Å²) in [6.07, 6.45) is 3.98. The Labute approximate surface area is 107 Å². The van der Waals surface area contributed by atoms with Crippen LogP contribution in [0.25, 0.3) is 0 Å². The van der Waals surface area contributed by atoms with Crippen molar-refractivity contribution in [2.75, 3.05) is 0 Å². The summed E-state index contributed by atoms with van der Waals surface area (Å²) in [5.74, 6) is 0.891. The Bertz CT molecular complexity index is 470. The quantitative estimate of drug-likeness (QED) is 0.704. The highest BCUT2D eigenvalue weighted by Gasteiger charge is 2.14. The minimum absolute atomic E-state index is 0.121. The smallest absolute Gasteiger partial charge is 0.105 e. The van der Waals surface area contributed by atoms with Gasteiger partial charge in [-0.3, -0.25) is 0 Å². The van der Waals surface area contributed by atoms with E-state index in [0.29, 0.717) is 0 Å². The number of rotatable bonds is 4. The largest absolute Gasteiger partial charge is 0.469 e. The van der Waals surface area contributed by atoms with Crippen molar-refractivity contribution in [3.8, 4) is 0 Å². The maximum absolute atomic E-state index is 6.45. The average Bonchev–Trinajstić information content (AvgIpc) is 2.76. The lowest BCUT2D eigenvalue weighted by molar-refractivity contribution is 0.530. The molecule has 0 saturated carbocycles. The highest BCUT2D eigenvalue weighted by Crippen LogP contribution is 2.31. The summed E-state index contributed by atoms with van der Waals surface area (Å²) in [7, 11) is 0. The van der Waals surface area contributed by atoms with Gasteiger partial charge >= 0.3 is 0 Å². The third-order valence-corrected chi connectivity index (χ3v) is 3.47. The van der Waals surface area contributed by atoms with Gasteiger partial charge in [0.05, 0.1) is 11.6 Å². The number of benzene rings is 1. The van der Waals surface area contributed by atoms with Crippen LogP contribution in [0.15, 0.2) is 41.0 Å². The van der Waals surface area contributed by atoms with E-state index in [1.807, 2.05) is 13.0 Å². The topological polar surface area (TPSA) is 13.1 Å². The SMILES string of the molecule is CCCc1ccc(C(Cl)c2ccoc2C)cc1. The zero-order valence-electron chi connectivity index (χ0n) is 10.2. The van der Waals surface area contributed by atoms with Crippen molar-refractivity contribution in [3.05, 3.63) is 59.0 Å². The van der Waals surface area contributed by atoms with Gasteiger partial charge in [-0.1, -0.05) is 37.6 Å². The van der Waals surface area contributed by atoms with E-state index in [0.717, 1.165) is 23.3 Å². The van der Waals surface area contributed by atoms with Gasteiger partial charge in [0.15, 0.2) is 0 Å². The lowest BCUT2D eigenvalue weighted by Crippen LogP contribution is -1.94. The predicted octanol–water partition coefficient (Wildman–Crippen LogP) is 4.87. The second-order valence-corrected chi connectivity index (χ2v) is 4.72. The summed E-state index contributed by atoms with van der Waals surface area (Å²) in [4.78, 5) is 0. The van der Waals surface area contributed by atoms with Gasteiger partial charge in [0.1, 0.15) is 5.76 Å². The average molecular weight is 249 g/mol. The molecule has 0 radical (unpaired) electrons. The van der Waals surface area contributed by atoms with Gasteiger partial charge < -0.3 is 4.42 Å². The maximum atomic E-state index is 6.45. The van der Waals surface area contributed by atoms with Crippen LogP contribution in [0.1, 0.15) is 41.2 Å². The molecule has 2 heteroatoms. The molecule has 1 nitrogen and oxygen atoms in total. The summed E-state index contributed by atoms with van der Waals surface area (Å²) < 4.78 is 5.28. The van der Waals surface area contributed by atoms with Gasteiger partial charge in [-0.2, -0.15) is 0 Å². The van der Waals surface area contributed by atoms with E-state index < -0.39 is 0 Å². The molecule has 0 saturated heterocycles. The molecule has 0 aliphatic rings. The van der Waals surface area contributed by atoms with E-state index in [1.54, 1.807) is 6.26 Å². The van der Waals surface area contributed by atoms with Crippen molar-refractivity contribution < 1.29 is 4.42 Å². The van der Waals surface area contributed by atoms with Gasteiger partial charge in [0.2, 0.25) is 0 Å². The molecular formula is C15H17ClO. The van der Waals surface area contributed by atoms with Crippen LogP contribution in [-0.4, -0.2) is 0 Å². The van der Waals surface area contributed by atoms with Gasteiger partial charge in [-0.15, -0.1) is 11.6 Å². The van der Waals surface area contributed by atoms with Gasteiger partial charge in [0, 0.05) is 5.56 Å². The Kier molecular flexibility index (Phi) is 3.90. The fraction of sp³-hybridized carbons (Fsp3) is 0.333. The zero-order chi connectivity index (χ0) is 12.3. The maximum Gasteiger partial charge on any atom is 0.105 e. The Morgan fingerprint density at radius 2 is 1.88 bits per heavy atom. The second-order valence-electron chi connectivity index (χ2n) is 4.29. The van der Waals surface area contributed by atoms with Crippen molar-refractivity contribution >= 4 is 11.6 Å². The molecule has 0 amide bonds. The van der Waals surface area contributed by atoms with E-state index in [2.05, 4.69) is 31.2 Å². The molecule has 0 aliphatic carbocycles. The first kappa shape index (κ1) is 12.3. The van der Waals surface area contributed by atoms with E-state index >= 15 is 0 Å². The fourth-order valence-corrected chi connectivity index (χ4v) is 2.35. The van der Waals surface area contributed by atoms with Gasteiger partial charge in [0.25, 0.3) is 0 Å². The van der Waals surface area contributed by atoms with Crippen molar-refractivity contribution in [1.82, 2.24) is 0 Å². The van der Waals surface area contributed by atoms with Gasteiger partial charge in [-0.05, 0) is 30.5 Å². The molecule has 2 aromatic rings. The highest BCUT2D eigenvalue weighted by atomic mass is 35.5. The van der Waals surface area contributed by atoms with E-state index in [-0.39, 0.29) is 5.38 Å². The van der Waals surface area contributed by atoms with E-state index in [1.165, 1.54) is 12.0 Å². The lowest BCUT2D eigenvalue weighted by Gasteiger charge is -2.09. The van der Waals surface area contributed by atoms with Crippen LogP contribution in [0.2, 0.25) is 0 Å². The molecule has 0 bridgehead atoms. The molecule has 1 atom stereocenters. The number of hydrogen-bond acceptors (Lipinski definition) is 1. The fourth-order valence-electron chi connectivity index (χ4n) is 1.98. The molecule has 90 valence electrons. The molecule has 1 unspecified atom stereocenters. The van der Waals surface area contributed by atoms with Crippen molar-refractivity contribution in [2.45, 2.75) is 32.1 Å². The van der Waals surface area contributed by atoms with Crippen LogP contribution in [0, 0.1) is 6.92 Å². The highest BCUT2D eigenvalue weighted by molar-refractivity contribution is 6.22. The number of halogens is 1. The van der Waals surface area contributed by atoms with Crippen LogP contribution in [-0.2, 0) is 6.42 Å². The van der Waals surface area contributed by atoms with Crippen LogP contribution in [0.3, 0.4) is 0 Å². The number of furan rings is 1. The second kappa shape index (κ2) is 5.42. The molecule has 17 heavy (non-hydrogen) atoms. The third kappa shape index (κ3) is 2.73. The minimum atomic E-state index is -0.121. The summed E-state index contributed by atoms with van der Waals surface area (Å²) >= 11 is 6.45. The lowest BCUT2D eigenvalue weighted by atomic mass is 10.0. The van der Waals surface area contributed by atoms with Crippen molar-refractivity contribution in [3.63, 3.8) is 0 Å². The Morgan fingerprint density at radius 1 is 1.18 bits per heavy atom. The number of aryl methyl sites for hydroxylation is 2. The molecular weight excluding hydrogens is 232 g/mol. The van der Waals surface area contributed by atoms with Crippen LogP contribution >= 0.6 is 11.6 Å². The van der Waals surface area contributed by atoms with Gasteiger partial charge in [-0.25, -0.2) is 0 Å².